The lowest BCUT2D eigenvalue weighted by atomic mass is 9.74. The number of ether oxygens (including phenoxy) is 1. The van der Waals surface area contributed by atoms with Crippen LogP contribution >= 0.6 is 0 Å². The third-order valence-electron chi connectivity index (χ3n) is 7.49. The minimum Gasteiger partial charge on any atom is -0.497 e. The Morgan fingerprint density at radius 2 is 2.00 bits per heavy atom. The summed E-state index contributed by atoms with van der Waals surface area (Å²) in [5.74, 6) is -0.882. The van der Waals surface area contributed by atoms with Gasteiger partial charge in [-0.25, -0.2) is 0 Å². The van der Waals surface area contributed by atoms with Gasteiger partial charge in [-0.1, -0.05) is 44.0 Å². The van der Waals surface area contributed by atoms with Crippen LogP contribution in [0.4, 0.5) is 0 Å². The number of carbonyl (C=O) groups is 2. The minimum absolute atomic E-state index is 0.0961. The van der Waals surface area contributed by atoms with Gasteiger partial charge in [0.25, 0.3) is 11.8 Å². The standard InChI is InChI=1S/C28H40BN5O6/c1-18(2)12-25(29(37)38)31-27(36)28(15-20-8-7-11-23(14-20)39-4)16-21(33-40-28)17-30-26(35)24-13-19(3)32-34(24)22-9-5-6-10-22/h7-8,11,13-14,18,22,25,37-38H,5-6,9-10,12,15-17H2,1-4H3,(H,30,35)(H,31,36). The van der Waals surface area contributed by atoms with E-state index in [1.165, 1.54) is 0 Å². The molecule has 216 valence electrons. The molecule has 11 nitrogen and oxygen atoms in total. The second-order valence-corrected chi connectivity index (χ2v) is 11.3. The Balaban J connectivity index is 1.49. The number of hydrogen-bond acceptors (Lipinski definition) is 8. The first-order valence-electron chi connectivity index (χ1n) is 14.0. The number of amides is 2. The lowest BCUT2D eigenvalue weighted by molar-refractivity contribution is -0.144. The fraction of sp³-hybridized carbons (Fsp3) is 0.571. The third kappa shape index (κ3) is 7.03. The van der Waals surface area contributed by atoms with Crippen molar-refractivity contribution in [2.75, 3.05) is 13.7 Å². The van der Waals surface area contributed by atoms with Crippen molar-refractivity contribution < 1.29 is 29.2 Å². The van der Waals surface area contributed by atoms with Crippen LogP contribution < -0.4 is 15.4 Å². The van der Waals surface area contributed by atoms with Crippen LogP contribution in [0.25, 0.3) is 0 Å². The Morgan fingerprint density at radius 1 is 1.25 bits per heavy atom. The molecule has 0 spiro atoms. The fourth-order valence-corrected chi connectivity index (χ4v) is 5.50. The van der Waals surface area contributed by atoms with Crippen molar-refractivity contribution in [3.05, 3.63) is 47.3 Å². The zero-order valence-electron chi connectivity index (χ0n) is 23.7. The molecule has 2 unspecified atom stereocenters. The number of benzene rings is 1. The van der Waals surface area contributed by atoms with E-state index in [-0.39, 0.29) is 37.3 Å². The Bertz CT molecular complexity index is 1230. The van der Waals surface area contributed by atoms with E-state index in [2.05, 4.69) is 20.9 Å². The molecule has 0 bridgehead atoms. The van der Waals surface area contributed by atoms with Gasteiger partial charge in [0, 0.05) is 12.8 Å². The van der Waals surface area contributed by atoms with E-state index in [9.17, 15) is 19.6 Å². The van der Waals surface area contributed by atoms with Crippen LogP contribution in [0.5, 0.6) is 5.75 Å². The highest BCUT2D eigenvalue weighted by Gasteiger charge is 2.48. The SMILES string of the molecule is COc1cccc(CC2(C(=O)NC(CC(C)C)B(O)O)CC(CNC(=O)c3cc(C)nn3C3CCCC3)=NO2)c1. The van der Waals surface area contributed by atoms with Crippen molar-refractivity contribution in [1.82, 2.24) is 20.4 Å². The van der Waals surface area contributed by atoms with E-state index in [1.807, 2.05) is 49.7 Å². The molecular formula is C28H40BN5O6. The van der Waals surface area contributed by atoms with E-state index < -0.39 is 24.6 Å². The lowest BCUT2D eigenvalue weighted by Crippen LogP contribution is -2.56. The van der Waals surface area contributed by atoms with Crippen molar-refractivity contribution >= 4 is 24.6 Å². The van der Waals surface area contributed by atoms with Gasteiger partial charge in [0.05, 0.1) is 37.0 Å². The van der Waals surface area contributed by atoms with E-state index >= 15 is 0 Å². The van der Waals surface area contributed by atoms with Crippen molar-refractivity contribution in [2.45, 2.75) is 83.3 Å². The van der Waals surface area contributed by atoms with Crippen molar-refractivity contribution in [3.8, 4) is 5.75 Å². The molecule has 2 atom stereocenters. The van der Waals surface area contributed by atoms with Crippen LogP contribution in [0.3, 0.4) is 0 Å². The Kier molecular flexibility index (Phi) is 9.52. The summed E-state index contributed by atoms with van der Waals surface area (Å²) in [7, 11) is -0.161. The van der Waals surface area contributed by atoms with Crippen LogP contribution in [0.15, 0.2) is 35.5 Å². The number of nitrogens with one attached hydrogen (secondary N) is 2. The average Bonchev–Trinajstić information content (AvgIpc) is 3.67. The highest BCUT2D eigenvalue weighted by Crippen LogP contribution is 2.32. The third-order valence-corrected chi connectivity index (χ3v) is 7.49. The number of hydrogen-bond donors (Lipinski definition) is 4. The summed E-state index contributed by atoms with van der Waals surface area (Å²) in [6.45, 7) is 5.84. The maximum atomic E-state index is 13.7. The molecule has 40 heavy (non-hydrogen) atoms. The van der Waals surface area contributed by atoms with Crippen LogP contribution in [0.1, 0.15) is 80.2 Å². The predicted octanol–water partition coefficient (Wildman–Crippen LogP) is 2.35. The lowest BCUT2D eigenvalue weighted by Gasteiger charge is -2.29. The molecule has 0 saturated heterocycles. The molecule has 4 rings (SSSR count). The highest BCUT2D eigenvalue weighted by molar-refractivity contribution is 6.43. The maximum absolute atomic E-state index is 13.7. The molecule has 1 aliphatic carbocycles. The van der Waals surface area contributed by atoms with Gasteiger partial charge in [0.15, 0.2) is 0 Å². The van der Waals surface area contributed by atoms with Crippen LogP contribution in [0.2, 0.25) is 0 Å². The smallest absolute Gasteiger partial charge is 0.475 e. The van der Waals surface area contributed by atoms with E-state index in [0.717, 1.165) is 36.9 Å². The van der Waals surface area contributed by atoms with Gasteiger partial charge >= 0.3 is 7.12 Å². The highest BCUT2D eigenvalue weighted by atomic mass is 16.7. The first-order chi connectivity index (χ1) is 19.1. The normalized spacial score (nSPS) is 19.7. The van der Waals surface area contributed by atoms with Gasteiger partial charge in [-0.3, -0.25) is 14.3 Å². The van der Waals surface area contributed by atoms with Gasteiger partial charge in [0.1, 0.15) is 11.4 Å². The van der Waals surface area contributed by atoms with Crippen LogP contribution in [-0.4, -0.2) is 69.7 Å². The van der Waals surface area contributed by atoms with E-state index in [4.69, 9.17) is 9.57 Å². The van der Waals surface area contributed by atoms with Gasteiger partial charge in [-0.15, -0.1) is 0 Å². The molecule has 2 heterocycles. The van der Waals surface area contributed by atoms with Crippen molar-refractivity contribution in [3.63, 3.8) is 0 Å². The Labute approximate surface area is 235 Å². The Morgan fingerprint density at radius 3 is 2.67 bits per heavy atom. The van der Waals surface area contributed by atoms with Crippen molar-refractivity contribution in [1.29, 1.82) is 0 Å². The summed E-state index contributed by atoms with van der Waals surface area (Å²) >= 11 is 0. The zero-order valence-corrected chi connectivity index (χ0v) is 23.7. The summed E-state index contributed by atoms with van der Waals surface area (Å²) < 4.78 is 7.17. The first-order valence-corrected chi connectivity index (χ1v) is 14.0. The van der Waals surface area contributed by atoms with E-state index in [0.29, 0.717) is 23.6 Å². The van der Waals surface area contributed by atoms with E-state index in [1.54, 1.807) is 13.2 Å². The number of oxime groups is 1. The molecule has 2 amide bonds. The second-order valence-electron chi connectivity index (χ2n) is 11.3. The second kappa shape index (κ2) is 12.9. The zero-order chi connectivity index (χ0) is 28.9. The molecule has 1 fully saturated rings. The molecule has 1 aromatic carbocycles. The average molecular weight is 553 g/mol. The topological polar surface area (TPSA) is 147 Å². The monoisotopic (exact) mass is 553 g/mol. The minimum atomic E-state index is -1.73. The first kappa shape index (κ1) is 29.6. The summed E-state index contributed by atoms with van der Waals surface area (Å²) in [5, 5.41) is 34.2. The largest absolute Gasteiger partial charge is 0.497 e. The molecule has 1 aromatic heterocycles. The molecule has 4 N–H and O–H groups in total. The van der Waals surface area contributed by atoms with Crippen LogP contribution in [0, 0.1) is 12.8 Å². The maximum Gasteiger partial charge on any atom is 0.475 e. The number of nitrogens with zero attached hydrogens (tertiary/aromatic N) is 3. The summed E-state index contributed by atoms with van der Waals surface area (Å²) in [6, 6.07) is 9.32. The quantitative estimate of drug-likeness (QED) is 0.295. The number of methoxy groups -OCH3 is 1. The molecule has 1 aliphatic heterocycles. The van der Waals surface area contributed by atoms with Gasteiger partial charge < -0.3 is 30.3 Å². The van der Waals surface area contributed by atoms with Gasteiger partial charge in [0.2, 0.25) is 5.60 Å². The Hall–Kier alpha value is -3.38. The fourth-order valence-electron chi connectivity index (χ4n) is 5.50. The number of rotatable bonds is 12. The molecule has 12 heteroatoms. The van der Waals surface area contributed by atoms with Gasteiger partial charge in [-0.05, 0) is 55.9 Å². The van der Waals surface area contributed by atoms with Gasteiger partial charge in [-0.2, -0.15) is 5.10 Å². The molecule has 2 aromatic rings. The number of aromatic nitrogens is 2. The summed E-state index contributed by atoms with van der Waals surface area (Å²) in [5.41, 5.74) is 1.15. The predicted molar refractivity (Wildman–Crippen MR) is 151 cm³/mol. The van der Waals surface area contributed by atoms with Crippen LogP contribution in [-0.2, 0) is 16.1 Å². The van der Waals surface area contributed by atoms with Crippen molar-refractivity contribution in [2.24, 2.45) is 11.1 Å². The summed E-state index contributed by atoms with van der Waals surface area (Å²) in [4.78, 5) is 32.6. The summed E-state index contributed by atoms with van der Waals surface area (Å²) in [6.07, 6.45) is 4.92. The molecule has 2 aliphatic rings. The molecular weight excluding hydrogens is 513 g/mol. The molecule has 0 radical (unpaired) electrons. The molecule has 1 saturated carbocycles. The number of aryl methyl sites for hydroxylation is 1. The number of carbonyl (C=O) groups excluding carboxylic acids is 2.